The van der Waals surface area contributed by atoms with E-state index in [-0.39, 0.29) is 17.9 Å². The van der Waals surface area contributed by atoms with Crippen molar-refractivity contribution in [2.75, 3.05) is 45.8 Å². The molecule has 2 rings (SSSR count). The zero-order chi connectivity index (χ0) is 19.6. The van der Waals surface area contributed by atoms with Gasteiger partial charge in [-0.2, -0.15) is 0 Å². The van der Waals surface area contributed by atoms with Crippen LogP contribution in [0.4, 0.5) is 0 Å². The van der Waals surface area contributed by atoms with Gasteiger partial charge in [0.1, 0.15) is 6.04 Å². The minimum atomic E-state index is 0.111. The van der Waals surface area contributed by atoms with Gasteiger partial charge in [0.15, 0.2) is 13.1 Å². The van der Waals surface area contributed by atoms with Crippen molar-refractivity contribution < 1.29 is 19.8 Å². The molecule has 150 valence electrons. The molecule has 0 aliphatic carbocycles. The molecule has 1 aliphatic heterocycles. The molecule has 2 amide bonds. The quantitative estimate of drug-likeness (QED) is 0.497. The van der Waals surface area contributed by atoms with Gasteiger partial charge in [-0.15, -0.1) is 0 Å². The summed E-state index contributed by atoms with van der Waals surface area (Å²) in [7, 11) is 0. The zero-order valence-corrected chi connectivity index (χ0v) is 17.2. The molecule has 1 saturated heterocycles. The van der Waals surface area contributed by atoms with Crippen molar-refractivity contribution in [2.45, 2.75) is 32.7 Å². The Kier molecular flexibility index (Phi) is 9.04. The molecule has 1 aromatic rings. The Hall–Kier alpha value is -1.63. The predicted molar refractivity (Wildman–Crippen MR) is 107 cm³/mol. The lowest BCUT2D eigenvalue weighted by molar-refractivity contribution is -0.896. The zero-order valence-electron chi connectivity index (χ0n) is 16.5. The van der Waals surface area contributed by atoms with Crippen molar-refractivity contribution in [3.63, 3.8) is 0 Å². The van der Waals surface area contributed by atoms with Gasteiger partial charge < -0.3 is 20.4 Å². The largest absolute Gasteiger partial charge is 0.351 e. The lowest BCUT2D eigenvalue weighted by Crippen LogP contribution is -3.16. The fourth-order valence-electron chi connectivity index (χ4n) is 3.32. The first-order valence-corrected chi connectivity index (χ1v) is 10.3. The maximum Gasteiger partial charge on any atom is 0.278 e. The van der Waals surface area contributed by atoms with Crippen LogP contribution in [0.25, 0.3) is 0 Å². The third kappa shape index (κ3) is 7.13. The highest BCUT2D eigenvalue weighted by Crippen LogP contribution is 2.19. The number of unbranched alkanes of at least 4 members (excludes halogenated alkanes) is 1. The molecular weight excluding hydrogens is 364 g/mol. The molecule has 1 aromatic carbocycles. The van der Waals surface area contributed by atoms with Crippen molar-refractivity contribution in [3.8, 4) is 0 Å². The van der Waals surface area contributed by atoms with E-state index in [0.29, 0.717) is 26.2 Å². The SMILES string of the molecule is CCCCNC(=O)C[NH+]1CCN(C(=O)C[NH2+][C@@H](C)c2ccccc2Cl)CC1. The highest BCUT2D eigenvalue weighted by atomic mass is 35.5. The van der Waals surface area contributed by atoms with Gasteiger partial charge in [-0.25, -0.2) is 0 Å². The fourth-order valence-corrected chi connectivity index (χ4v) is 3.63. The van der Waals surface area contributed by atoms with E-state index in [2.05, 4.69) is 19.2 Å². The Morgan fingerprint density at radius 3 is 2.67 bits per heavy atom. The van der Waals surface area contributed by atoms with Gasteiger partial charge >= 0.3 is 0 Å². The van der Waals surface area contributed by atoms with Crippen LogP contribution in [0.2, 0.25) is 5.02 Å². The summed E-state index contributed by atoms with van der Waals surface area (Å²) in [5.41, 5.74) is 1.05. The average molecular weight is 397 g/mol. The number of carbonyl (C=O) groups is 2. The van der Waals surface area contributed by atoms with Gasteiger partial charge in [0, 0.05) is 17.1 Å². The van der Waals surface area contributed by atoms with Crippen LogP contribution in [0.5, 0.6) is 0 Å². The number of rotatable bonds is 9. The molecular formula is C20H33ClN4O2+2. The second-order valence-corrected chi connectivity index (χ2v) is 7.67. The molecule has 0 radical (unpaired) electrons. The average Bonchev–Trinajstić information content (AvgIpc) is 2.67. The lowest BCUT2D eigenvalue weighted by Gasteiger charge is -2.31. The molecule has 1 heterocycles. The normalized spacial score (nSPS) is 16.2. The molecule has 0 aromatic heterocycles. The van der Waals surface area contributed by atoms with Crippen LogP contribution < -0.4 is 15.5 Å². The minimum Gasteiger partial charge on any atom is -0.351 e. The van der Waals surface area contributed by atoms with Crippen molar-refractivity contribution in [1.82, 2.24) is 10.2 Å². The molecule has 0 bridgehead atoms. The van der Waals surface area contributed by atoms with E-state index in [1.165, 1.54) is 4.90 Å². The Balaban J connectivity index is 1.69. The highest BCUT2D eigenvalue weighted by molar-refractivity contribution is 6.31. The van der Waals surface area contributed by atoms with Crippen LogP contribution in [-0.4, -0.2) is 62.5 Å². The first-order valence-electron chi connectivity index (χ1n) is 9.97. The van der Waals surface area contributed by atoms with E-state index in [1.54, 1.807) is 0 Å². The van der Waals surface area contributed by atoms with Crippen molar-refractivity contribution in [3.05, 3.63) is 34.9 Å². The predicted octanol–water partition coefficient (Wildman–Crippen LogP) is -0.392. The van der Waals surface area contributed by atoms with Crippen molar-refractivity contribution in [1.29, 1.82) is 0 Å². The molecule has 7 heteroatoms. The number of benzene rings is 1. The number of nitrogens with two attached hydrogens (primary N) is 1. The number of nitrogens with zero attached hydrogens (tertiary/aromatic N) is 1. The minimum absolute atomic E-state index is 0.111. The molecule has 0 spiro atoms. The number of piperazine rings is 1. The van der Waals surface area contributed by atoms with Crippen molar-refractivity contribution in [2.24, 2.45) is 0 Å². The topological polar surface area (TPSA) is 70.5 Å². The summed E-state index contributed by atoms with van der Waals surface area (Å²) in [6.07, 6.45) is 2.10. The maximum atomic E-state index is 12.5. The summed E-state index contributed by atoms with van der Waals surface area (Å²) in [6, 6.07) is 7.90. The number of carbonyl (C=O) groups excluding carboxylic acids is 2. The Labute approximate surface area is 167 Å². The third-order valence-electron chi connectivity index (χ3n) is 5.13. The number of amides is 2. The van der Waals surface area contributed by atoms with E-state index in [4.69, 9.17) is 11.6 Å². The number of halogens is 1. The van der Waals surface area contributed by atoms with Gasteiger partial charge in [-0.3, -0.25) is 9.59 Å². The number of hydrogen-bond donors (Lipinski definition) is 3. The first-order chi connectivity index (χ1) is 13.0. The number of quaternary nitrogens is 2. The molecule has 1 atom stereocenters. The van der Waals surface area contributed by atoms with Crippen LogP contribution in [0.3, 0.4) is 0 Å². The monoisotopic (exact) mass is 396 g/mol. The molecule has 4 N–H and O–H groups in total. The van der Waals surface area contributed by atoms with Gasteiger partial charge in [0.25, 0.3) is 11.8 Å². The summed E-state index contributed by atoms with van der Waals surface area (Å²) < 4.78 is 0. The first kappa shape index (κ1) is 21.7. The van der Waals surface area contributed by atoms with E-state index < -0.39 is 0 Å². The van der Waals surface area contributed by atoms with Gasteiger partial charge in [-0.1, -0.05) is 43.1 Å². The van der Waals surface area contributed by atoms with E-state index in [1.807, 2.05) is 34.5 Å². The van der Waals surface area contributed by atoms with Crippen LogP contribution >= 0.6 is 11.6 Å². The van der Waals surface area contributed by atoms with E-state index in [9.17, 15) is 9.59 Å². The van der Waals surface area contributed by atoms with Gasteiger partial charge in [0.05, 0.1) is 26.2 Å². The summed E-state index contributed by atoms with van der Waals surface area (Å²) in [4.78, 5) is 27.6. The molecule has 1 aliphatic rings. The molecule has 0 saturated carbocycles. The summed E-state index contributed by atoms with van der Waals surface area (Å²) in [6.45, 7) is 8.93. The van der Waals surface area contributed by atoms with Crippen LogP contribution in [0.15, 0.2) is 24.3 Å². The molecule has 0 unspecified atom stereocenters. The Morgan fingerprint density at radius 1 is 1.30 bits per heavy atom. The van der Waals surface area contributed by atoms with E-state index in [0.717, 1.165) is 43.1 Å². The van der Waals surface area contributed by atoms with Gasteiger partial charge in [0.2, 0.25) is 0 Å². The van der Waals surface area contributed by atoms with Crippen molar-refractivity contribution >= 4 is 23.4 Å². The molecule has 6 nitrogen and oxygen atoms in total. The van der Waals surface area contributed by atoms with Crippen LogP contribution in [0, 0.1) is 0 Å². The fraction of sp³-hybridized carbons (Fsp3) is 0.600. The second-order valence-electron chi connectivity index (χ2n) is 7.26. The summed E-state index contributed by atoms with van der Waals surface area (Å²) in [5, 5.41) is 5.73. The summed E-state index contributed by atoms with van der Waals surface area (Å²) in [5.74, 6) is 0.264. The Bertz CT molecular complexity index is 618. The second kappa shape index (κ2) is 11.3. The highest BCUT2D eigenvalue weighted by Gasteiger charge is 2.26. The number of hydrogen-bond acceptors (Lipinski definition) is 2. The standard InChI is InChI=1S/C20H31ClN4O2/c1-3-4-9-22-19(26)15-24-10-12-25(13-11-24)20(27)14-23-16(2)17-7-5-6-8-18(17)21/h5-8,16,23H,3-4,9-15H2,1-2H3,(H,22,26)/p+2/t16-/m0/s1. The van der Waals surface area contributed by atoms with E-state index >= 15 is 0 Å². The van der Waals surface area contributed by atoms with Crippen LogP contribution in [-0.2, 0) is 9.59 Å². The smallest absolute Gasteiger partial charge is 0.278 e. The number of nitrogens with one attached hydrogen (secondary N) is 2. The molecule has 27 heavy (non-hydrogen) atoms. The van der Waals surface area contributed by atoms with Gasteiger partial charge in [-0.05, 0) is 19.4 Å². The lowest BCUT2D eigenvalue weighted by atomic mass is 10.1. The van der Waals surface area contributed by atoms with Crippen LogP contribution in [0.1, 0.15) is 38.3 Å². The third-order valence-corrected chi connectivity index (χ3v) is 5.47. The summed E-state index contributed by atoms with van der Waals surface area (Å²) >= 11 is 6.23. The molecule has 1 fully saturated rings. The maximum absolute atomic E-state index is 12.5. The Morgan fingerprint density at radius 2 is 2.00 bits per heavy atom.